The quantitative estimate of drug-likeness (QED) is 0.347. The number of hydrogen-bond donors (Lipinski definition) is 1. The molecule has 0 aliphatic rings. The third-order valence-corrected chi connectivity index (χ3v) is 5.53. The summed E-state index contributed by atoms with van der Waals surface area (Å²) in [5, 5.41) is 3.46. The van der Waals surface area contributed by atoms with Crippen molar-refractivity contribution in [3.05, 3.63) is 108 Å². The zero-order valence-electron chi connectivity index (χ0n) is 18.8. The molecule has 0 bridgehead atoms. The zero-order chi connectivity index (χ0) is 21.8. The minimum Gasteiger partial charge on any atom is -0.356 e. The molecule has 0 radical (unpaired) electrons. The third-order valence-electron chi connectivity index (χ3n) is 5.53. The van der Waals surface area contributed by atoms with Gasteiger partial charge in [-0.15, -0.1) is 0 Å². The number of aryl methyl sites for hydroxylation is 2. The van der Waals surface area contributed by atoms with Gasteiger partial charge >= 0.3 is 0 Å². The van der Waals surface area contributed by atoms with Gasteiger partial charge in [-0.3, -0.25) is 0 Å². The topological polar surface area (TPSA) is 15.3 Å². The molecule has 0 spiro atoms. The molecule has 2 nitrogen and oxygen atoms in total. The van der Waals surface area contributed by atoms with Gasteiger partial charge in [0.2, 0.25) is 0 Å². The van der Waals surface area contributed by atoms with Gasteiger partial charge in [-0.1, -0.05) is 59.7 Å². The molecule has 0 saturated carbocycles. The molecule has 0 saturated heterocycles. The van der Waals surface area contributed by atoms with Gasteiger partial charge in [0, 0.05) is 28.8 Å². The van der Waals surface area contributed by atoms with E-state index in [-0.39, 0.29) is 0 Å². The SMILES string of the molecule is Cc1ccc(Nc2ccc(-c3ccc(N(c4ccc(C)cc4)C(C)C)cc3)cc2)cc1. The number of benzene rings is 4. The minimum atomic E-state index is 0.376. The van der Waals surface area contributed by atoms with E-state index in [2.05, 4.69) is 135 Å². The maximum Gasteiger partial charge on any atom is 0.0413 e. The Morgan fingerprint density at radius 2 is 0.871 bits per heavy atom. The molecule has 0 fully saturated rings. The van der Waals surface area contributed by atoms with Gasteiger partial charge in [0.05, 0.1) is 0 Å². The van der Waals surface area contributed by atoms with Crippen LogP contribution in [-0.4, -0.2) is 6.04 Å². The van der Waals surface area contributed by atoms with E-state index < -0.39 is 0 Å². The molecular weight excluding hydrogens is 376 g/mol. The highest BCUT2D eigenvalue weighted by Gasteiger charge is 2.13. The second kappa shape index (κ2) is 9.09. The molecule has 0 aliphatic carbocycles. The molecule has 156 valence electrons. The van der Waals surface area contributed by atoms with E-state index in [9.17, 15) is 0 Å². The van der Waals surface area contributed by atoms with E-state index in [0.29, 0.717) is 6.04 Å². The Hall–Kier alpha value is -3.52. The van der Waals surface area contributed by atoms with Crippen molar-refractivity contribution in [2.45, 2.75) is 33.7 Å². The Morgan fingerprint density at radius 1 is 0.516 bits per heavy atom. The minimum absolute atomic E-state index is 0.376. The van der Waals surface area contributed by atoms with E-state index in [1.807, 2.05) is 0 Å². The highest BCUT2D eigenvalue weighted by atomic mass is 15.2. The average molecular weight is 407 g/mol. The lowest BCUT2D eigenvalue weighted by Gasteiger charge is -2.29. The van der Waals surface area contributed by atoms with Crippen LogP contribution in [0.5, 0.6) is 0 Å². The van der Waals surface area contributed by atoms with Crippen LogP contribution in [0.15, 0.2) is 97.1 Å². The van der Waals surface area contributed by atoms with Crippen LogP contribution in [0.25, 0.3) is 11.1 Å². The van der Waals surface area contributed by atoms with Crippen LogP contribution in [0.4, 0.5) is 22.7 Å². The van der Waals surface area contributed by atoms with Crippen molar-refractivity contribution in [2.75, 3.05) is 10.2 Å². The first-order chi connectivity index (χ1) is 15.0. The number of nitrogens with one attached hydrogen (secondary N) is 1. The van der Waals surface area contributed by atoms with Crippen LogP contribution in [0.1, 0.15) is 25.0 Å². The average Bonchev–Trinajstić information content (AvgIpc) is 2.78. The molecule has 0 heterocycles. The fraction of sp³-hybridized carbons (Fsp3) is 0.172. The molecule has 0 amide bonds. The molecule has 4 aromatic rings. The zero-order valence-corrected chi connectivity index (χ0v) is 18.8. The van der Waals surface area contributed by atoms with Crippen molar-refractivity contribution in [1.82, 2.24) is 0 Å². The first-order valence-corrected chi connectivity index (χ1v) is 10.9. The number of rotatable bonds is 6. The number of anilines is 4. The summed E-state index contributed by atoms with van der Waals surface area (Å²) < 4.78 is 0. The van der Waals surface area contributed by atoms with Crippen molar-refractivity contribution in [3.63, 3.8) is 0 Å². The second-order valence-corrected chi connectivity index (χ2v) is 8.41. The summed E-state index contributed by atoms with van der Waals surface area (Å²) in [5.41, 5.74) is 9.61. The van der Waals surface area contributed by atoms with E-state index >= 15 is 0 Å². The smallest absolute Gasteiger partial charge is 0.0413 e. The predicted octanol–water partition coefficient (Wildman–Crippen LogP) is 8.26. The number of nitrogens with zero attached hydrogens (tertiary/aromatic N) is 1. The first-order valence-electron chi connectivity index (χ1n) is 10.9. The Balaban J connectivity index is 1.51. The lowest BCUT2D eigenvalue weighted by atomic mass is 10.0. The largest absolute Gasteiger partial charge is 0.356 e. The van der Waals surface area contributed by atoms with Crippen molar-refractivity contribution in [2.24, 2.45) is 0 Å². The van der Waals surface area contributed by atoms with Gasteiger partial charge in [-0.2, -0.15) is 0 Å². The predicted molar refractivity (Wildman–Crippen MR) is 135 cm³/mol. The number of hydrogen-bond acceptors (Lipinski definition) is 2. The third kappa shape index (κ3) is 4.97. The van der Waals surface area contributed by atoms with Crippen molar-refractivity contribution < 1.29 is 0 Å². The van der Waals surface area contributed by atoms with Gasteiger partial charge in [-0.25, -0.2) is 0 Å². The van der Waals surface area contributed by atoms with Crippen molar-refractivity contribution in [3.8, 4) is 11.1 Å². The van der Waals surface area contributed by atoms with E-state index in [1.54, 1.807) is 0 Å². The Kier molecular flexibility index (Phi) is 6.08. The Bertz CT molecular complexity index is 1110. The van der Waals surface area contributed by atoms with Crippen LogP contribution in [0.2, 0.25) is 0 Å². The molecule has 0 atom stereocenters. The highest BCUT2D eigenvalue weighted by molar-refractivity contribution is 5.72. The van der Waals surface area contributed by atoms with Gasteiger partial charge in [0.1, 0.15) is 0 Å². The van der Waals surface area contributed by atoms with Crippen molar-refractivity contribution in [1.29, 1.82) is 0 Å². The maximum absolute atomic E-state index is 3.46. The fourth-order valence-corrected chi connectivity index (χ4v) is 3.81. The van der Waals surface area contributed by atoms with E-state index in [4.69, 9.17) is 0 Å². The standard InChI is InChI=1S/C29H30N2/c1-21(2)31(28-17-7-23(4)8-18-28)29-19-11-25(12-20-29)24-9-15-27(16-10-24)30-26-13-5-22(3)6-14-26/h5-21,30H,1-4H3. The lowest BCUT2D eigenvalue weighted by Crippen LogP contribution is -2.25. The summed E-state index contributed by atoms with van der Waals surface area (Å²) in [6.45, 7) is 8.69. The Labute approximate surface area is 186 Å². The molecular formula is C29H30N2. The summed E-state index contributed by atoms with van der Waals surface area (Å²) in [5.74, 6) is 0. The van der Waals surface area contributed by atoms with Crippen LogP contribution in [0.3, 0.4) is 0 Å². The molecule has 31 heavy (non-hydrogen) atoms. The first kappa shape index (κ1) is 20.7. The summed E-state index contributed by atoms with van der Waals surface area (Å²) in [7, 11) is 0. The van der Waals surface area contributed by atoms with E-state index in [0.717, 1.165) is 11.4 Å². The monoisotopic (exact) mass is 406 g/mol. The summed E-state index contributed by atoms with van der Waals surface area (Å²) in [4.78, 5) is 2.37. The molecule has 4 rings (SSSR count). The summed E-state index contributed by atoms with van der Waals surface area (Å²) in [6, 6.07) is 35.0. The van der Waals surface area contributed by atoms with Crippen LogP contribution in [-0.2, 0) is 0 Å². The van der Waals surface area contributed by atoms with Crippen molar-refractivity contribution >= 4 is 22.7 Å². The fourth-order valence-electron chi connectivity index (χ4n) is 3.81. The normalized spacial score (nSPS) is 10.9. The summed E-state index contributed by atoms with van der Waals surface area (Å²) in [6.07, 6.45) is 0. The van der Waals surface area contributed by atoms with Crippen LogP contribution >= 0.6 is 0 Å². The van der Waals surface area contributed by atoms with Gasteiger partial charge in [-0.05, 0) is 87.4 Å². The van der Waals surface area contributed by atoms with Gasteiger partial charge < -0.3 is 10.2 Å². The maximum atomic E-state index is 3.46. The molecule has 4 aromatic carbocycles. The van der Waals surface area contributed by atoms with E-state index in [1.165, 1.54) is 33.6 Å². The van der Waals surface area contributed by atoms with Gasteiger partial charge in [0.25, 0.3) is 0 Å². The van der Waals surface area contributed by atoms with Crippen LogP contribution < -0.4 is 10.2 Å². The molecule has 0 aliphatic heterocycles. The Morgan fingerprint density at radius 3 is 1.32 bits per heavy atom. The highest BCUT2D eigenvalue weighted by Crippen LogP contribution is 2.31. The lowest BCUT2D eigenvalue weighted by molar-refractivity contribution is 0.789. The van der Waals surface area contributed by atoms with Gasteiger partial charge in [0.15, 0.2) is 0 Å². The molecule has 2 heteroatoms. The second-order valence-electron chi connectivity index (χ2n) is 8.41. The molecule has 1 N–H and O–H groups in total. The summed E-state index contributed by atoms with van der Waals surface area (Å²) >= 11 is 0. The van der Waals surface area contributed by atoms with Crippen LogP contribution in [0, 0.1) is 13.8 Å². The molecule has 0 aromatic heterocycles. The molecule has 0 unspecified atom stereocenters.